The summed E-state index contributed by atoms with van der Waals surface area (Å²) in [5, 5.41) is 5.40. The van der Waals surface area contributed by atoms with Crippen LogP contribution in [0.15, 0.2) is 29.6 Å². The number of aromatic nitrogens is 1. The van der Waals surface area contributed by atoms with E-state index in [2.05, 4.69) is 62.3 Å². The monoisotopic (exact) mass is 445 g/mol. The predicted molar refractivity (Wildman–Crippen MR) is 127 cm³/mol. The van der Waals surface area contributed by atoms with Gasteiger partial charge in [0.05, 0.1) is 17.2 Å². The highest BCUT2D eigenvalue weighted by molar-refractivity contribution is 8.00. The summed E-state index contributed by atoms with van der Waals surface area (Å²) >= 11 is 2.78. The largest absolute Gasteiger partial charge is 0.341 e. The molecule has 1 aromatic carbocycles. The minimum Gasteiger partial charge on any atom is -0.341 e. The maximum Gasteiger partial charge on any atom is 0.236 e. The Bertz CT molecular complexity index is 854. The van der Waals surface area contributed by atoms with Gasteiger partial charge in [-0.3, -0.25) is 9.59 Å². The predicted octanol–water partition coefficient (Wildman–Crippen LogP) is 5.11. The van der Waals surface area contributed by atoms with Crippen molar-refractivity contribution in [2.24, 2.45) is 11.8 Å². The molecule has 0 unspecified atom stereocenters. The Hall–Kier alpha value is -1.86. The number of nitrogens with zero attached hydrogens (tertiary/aromatic N) is 2. The van der Waals surface area contributed by atoms with Crippen LogP contribution >= 0.6 is 23.1 Å². The first-order valence-corrected chi connectivity index (χ1v) is 12.6. The van der Waals surface area contributed by atoms with Crippen LogP contribution < -0.4 is 5.32 Å². The van der Waals surface area contributed by atoms with Gasteiger partial charge in [-0.25, -0.2) is 4.98 Å². The number of hydrogen-bond donors (Lipinski definition) is 1. The van der Waals surface area contributed by atoms with Gasteiger partial charge in [-0.05, 0) is 29.7 Å². The third kappa shape index (κ3) is 6.32. The number of nitrogens with one attached hydrogen (secondary N) is 1. The maximum absolute atomic E-state index is 12.4. The van der Waals surface area contributed by atoms with Crippen LogP contribution in [-0.2, 0) is 9.59 Å². The van der Waals surface area contributed by atoms with Crippen molar-refractivity contribution in [2.45, 2.75) is 40.0 Å². The molecule has 1 saturated heterocycles. The molecular formula is C23H31N3O2S2. The normalized spacial score (nSPS) is 19.2. The molecule has 0 bridgehead atoms. The molecule has 30 heavy (non-hydrogen) atoms. The Labute approximate surface area is 187 Å². The zero-order valence-corrected chi connectivity index (χ0v) is 19.8. The lowest BCUT2D eigenvalue weighted by Crippen LogP contribution is -2.43. The first-order valence-electron chi connectivity index (χ1n) is 10.5. The second-order valence-electron chi connectivity index (χ2n) is 8.60. The summed E-state index contributed by atoms with van der Waals surface area (Å²) in [7, 11) is 0. The first-order chi connectivity index (χ1) is 14.3. The van der Waals surface area contributed by atoms with Crippen molar-refractivity contribution in [3.63, 3.8) is 0 Å². The number of rotatable bonds is 7. The summed E-state index contributed by atoms with van der Waals surface area (Å²) in [6, 6.07) is 8.38. The van der Waals surface area contributed by atoms with Gasteiger partial charge < -0.3 is 10.2 Å². The Morgan fingerprint density at radius 1 is 1.17 bits per heavy atom. The Morgan fingerprint density at radius 2 is 1.83 bits per heavy atom. The quantitative estimate of drug-likeness (QED) is 0.643. The van der Waals surface area contributed by atoms with Crippen LogP contribution in [0.5, 0.6) is 0 Å². The van der Waals surface area contributed by atoms with Gasteiger partial charge in [-0.2, -0.15) is 0 Å². The molecule has 162 valence electrons. The Morgan fingerprint density at radius 3 is 2.47 bits per heavy atom. The number of amides is 2. The van der Waals surface area contributed by atoms with Gasteiger partial charge in [0, 0.05) is 24.0 Å². The van der Waals surface area contributed by atoms with Crippen molar-refractivity contribution < 1.29 is 9.59 Å². The van der Waals surface area contributed by atoms with Crippen molar-refractivity contribution in [2.75, 3.05) is 29.9 Å². The molecule has 5 nitrogen and oxygen atoms in total. The number of benzene rings is 1. The van der Waals surface area contributed by atoms with E-state index >= 15 is 0 Å². The molecule has 3 rings (SSSR count). The van der Waals surface area contributed by atoms with Crippen molar-refractivity contribution in [1.82, 2.24) is 9.88 Å². The van der Waals surface area contributed by atoms with Crippen molar-refractivity contribution in [3.8, 4) is 11.3 Å². The summed E-state index contributed by atoms with van der Waals surface area (Å²) in [5.74, 6) is 2.20. The van der Waals surface area contributed by atoms with Gasteiger partial charge in [0.25, 0.3) is 0 Å². The lowest BCUT2D eigenvalue weighted by Gasteiger charge is -2.35. The van der Waals surface area contributed by atoms with Crippen LogP contribution in [-0.4, -0.2) is 46.3 Å². The number of likely N-dealkylation sites (tertiary alicyclic amines) is 1. The van der Waals surface area contributed by atoms with Crippen LogP contribution in [0.1, 0.15) is 45.6 Å². The number of anilines is 1. The summed E-state index contributed by atoms with van der Waals surface area (Å²) in [5.41, 5.74) is 3.20. The van der Waals surface area contributed by atoms with Gasteiger partial charge in [0.15, 0.2) is 5.13 Å². The molecule has 1 aliphatic heterocycles. The molecule has 2 aromatic rings. The Kier molecular flexibility index (Phi) is 7.94. The first kappa shape index (κ1) is 22.8. The summed E-state index contributed by atoms with van der Waals surface area (Å²) in [6.45, 7) is 10.4. The molecule has 1 N–H and O–H groups in total. The van der Waals surface area contributed by atoms with Crippen LogP contribution in [0, 0.1) is 11.8 Å². The van der Waals surface area contributed by atoms with Gasteiger partial charge in [-0.1, -0.05) is 52.0 Å². The van der Waals surface area contributed by atoms with E-state index in [1.54, 1.807) is 0 Å². The molecule has 0 aliphatic carbocycles. The average molecular weight is 446 g/mol. The molecule has 0 radical (unpaired) electrons. The highest BCUT2D eigenvalue weighted by Crippen LogP contribution is 2.27. The standard InChI is InChI=1S/C23H31N3O2S2/c1-15(2)18-5-7-19(8-6-18)20-12-30-23(24-20)25-21(27)13-29-14-22(28)26-10-16(3)9-17(4)11-26/h5-8,12,15-17H,9-11,13-14H2,1-4H3,(H,24,25,27)/t16-,17-/m1/s1. The lowest BCUT2D eigenvalue weighted by atomic mass is 9.92. The second kappa shape index (κ2) is 10.4. The summed E-state index contributed by atoms with van der Waals surface area (Å²) < 4.78 is 0. The number of thioether (sulfide) groups is 1. The highest BCUT2D eigenvalue weighted by atomic mass is 32.2. The van der Waals surface area contributed by atoms with Gasteiger partial charge in [-0.15, -0.1) is 23.1 Å². The maximum atomic E-state index is 12.4. The van der Waals surface area contributed by atoms with Gasteiger partial charge in [0.2, 0.25) is 11.8 Å². The fraction of sp³-hybridized carbons (Fsp3) is 0.522. The van der Waals surface area contributed by atoms with E-state index in [1.165, 1.54) is 35.1 Å². The second-order valence-corrected chi connectivity index (χ2v) is 10.4. The van der Waals surface area contributed by atoms with Gasteiger partial charge >= 0.3 is 0 Å². The van der Waals surface area contributed by atoms with E-state index in [9.17, 15) is 9.59 Å². The number of piperidine rings is 1. The summed E-state index contributed by atoms with van der Waals surface area (Å²) in [6.07, 6.45) is 1.18. The fourth-order valence-electron chi connectivity index (χ4n) is 3.85. The minimum absolute atomic E-state index is 0.121. The zero-order chi connectivity index (χ0) is 21.7. The number of carbonyl (C=O) groups is 2. The number of hydrogen-bond acceptors (Lipinski definition) is 5. The van der Waals surface area contributed by atoms with Crippen molar-refractivity contribution in [1.29, 1.82) is 0 Å². The van der Waals surface area contributed by atoms with E-state index < -0.39 is 0 Å². The fourth-order valence-corrected chi connectivity index (χ4v) is 5.30. The molecule has 1 aliphatic rings. The van der Waals surface area contributed by atoms with Crippen molar-refractivity contribution in [3.05, 3.63) is 35.2 Å². The van der Waals surface area contributed by atoms with E-state index in [1.807, 2.05) is 10.3 Å². The number of thiazole rings is 1. The molecule has 2 atom stereocenters. The van der Waals surface area contributed by atoms with E-state index in [-0.39, 0.29) is 17.6 Å². The van der Waals surface area contributed by atoms with Crippen LogP contribution in [0.2, 0.25) is 0 Å². The third-order valence-corrected chi connectivity index (χ3v) is 6.98. The lowest BCUT2D eigenvalue weighted by molar-refractivity contribution is -0.130. The molecule has 1 aromatic heterocycles. The van der Waals surface area contributed by atoms with Crippen LogP contribution in [0.3, 0.4) is 0 Å². The zero-order valence-electron chi connectivity index (χ0n) is 18.2. The van der Waals surface area contributed by atoms with E-state index in [0.29, 0.717) is 28.6 Å². The minimum atomic E-state index is -0.121. The number of carbonyl (C=O) groups excluding carboxylic acids is 2. The third-order valence-electron chi connectivity index (χ3n) is 5.30. The molecule has 1 fully saturated rings. The summed E-state index contributed by atoms with van der Waals surface area (Å²) in [4.78, 5) is 31.1. The molecule has 0 spiro atoms. The van der Waals surface area contributed by atoms with E-state index in [0.717, 1.165) is 24.3 Å². The molecule has 2 heterocycles. The molecule has 7 heteroatoms. The van der Waals surface area contributed by atoms with Crippen LogP contribution in [0.25, 0.3) is 11.3 Å². The molecule has 2 amide bonds. The van der Waals surface area contributed by atoms with Crippen molar-refractivity contribution >= 4 is 40.0 Å². The topological polar surface area (TPSA) is 62.3 Å². The highest BCUT2D eigenvalue weighted by Gasteiger charge is 2.25. The smallest absolute Gasteiger partial charge is 0.236 e. The average Bonchev–Trinajstić information content (AvgIpc) is 3.15. The Balaban J connectivity index is 1.45. The molecule has 0 saturated carbocycles. The van der Waals surface area contributed by atoms with Crippen LogP contribution in [0.4, 0.5) is 5.13 Å². The van der Waals surface area contributed by atoms with Gasteiger partial charge in [0.1, 0.15) is 0 Å². The van der Waals surface area contributed by atoms with E-state index in [4.69, 9.17) is 0 Å². The SMILES string of the molecule is CC(C)c1ccc(-c2csc(NC(=O)CSCC(=O)N3C[C@H](C)C[C@@H](C)C3)n2)cc1. The molecular weight excluding hydrogens is 414 g/mol.